The number of H-pyrrole nitrogens is 1. The van der Waals surface area contributed by atoms with Gasteiger partial charge in [0.25, 0.3) is 0 Å². The number of hydrogen-bond acceptors (Lipinski definition) is 4. The third-order valence-corrected chi connectivity index (χ3v) is 4.21. The van der Waals surface area contributed by atoms with Crippen LogP contribution in [0.3, 0.4) is 0 Å². The molecular weight excluding hydrogens is 294 g/mol. The van der Waals surface area contributed by atoms with E-state index < -0.39 is 0 Å². The lowest BCUT2D eigenvalue weighted by atomic mass is 10.1. The van der Waals surface area contributed by atoms with Gasteiger partial charge in [-0.25, -0.2) is 4.98 Å². The Morgan fingerprint density at radius 3 is 2.91 bits per heavy atom. The van der Waals surface area contributed by atoms with Crippen molar-refractivity contribution in [3.63, 3.8) is 0 Å². The summed E-state index contributed by atoms with van der Waals surface area (Å²) in [5, 5.41) is 12.1. The van der Waals surface area contributed by atoms with Gasteiger partial charge in [0, 0.05) is 33.6 Å². The molecule has 0 amide bonds. The second-order valence-electron chi connectivity index (χ2n) is 5.53. The highest BCUT2D eigenvalue weighted by Gasteiger charge is 2.11. The number of fused-ring (bicyclic) bond motifs is 1. The van der Waals surface area contributed by atoms with E-state index in [2.05, 4.69) is 36.0 Å². The van der Waals surface area contributed by atoms with E-state index in [1.54, 1.807) is 16.8 Å². The summed E-state index contributed by atoms with van der Waals surface area (Å²) >= 11 is 1.55. The van der Waals surface area contributed by atoms with Gasteiger partial charge < -0.3 is 9.72 Å². The Morgan fingerprint density at radius 1 is 1.36 bits per heavy atom. The van der Waals surface area contributed by atoms with Crippen molar-refractivity contribution < 1.29 is 4.74 Å². The maximum absolute atomic E-state index is 9.04. The van der Waals surface area contributed by atoms with E-state index in [9.17, 15) is 0 Å². The highest BCUT2D eigenvalue weighted by Crippen LogP contribution is 2.29. The molecule has 0 aliphatic rings. The molecule has 2 aromatic heterocycles. The first kappa shape index (κ1) is 14.6. The van der Waals surface area contributed by atoms with Crippen molar-refractivity contribution in [3.8, 4) is 11.8 Å². The molecule has 22 heavy (non-hydrogen) atoms. The number of hydrogen-bond donors (Lipinski definition) is 1. The number of ether oxygens (including phenoxy) is 1. The lowest BCUT2D eigenvalue weighted by molar-refractivity contribution is 0.300. The van der Waals surface area contributed by atoms with Gasteiger partial charge in [0.1, 0.15) is 12.4 Å². The van der Waals surface area contributed by atoms with Crippen molar-refractivity contribution in [2.24, 2.45) is 0 Å². The SMILES string of the molecule is CC(C)c1cc2cc(CC#N)c(OCc3cscn3)cc2[nH]1. The first-order valence-electron chi connectivity index (χ1n) is 7.19. The molecule has 2 heterocycles. The van der Waals surface area contributed by atoms with Gasteiger partial charge in [0.15, 0.2) is 0 Å². The van der Waals surface area contributed by atoms with Crippen LogP contribution in [0.15, 0.2) is 29.1 Å². The number of rotatable bonds is 5. The van der Waals surface area contributed by atoms with Crippen LogP contribution in [0, 0.1) is 11.3 Å². The zero-order chi connectivity index (χ0) is 15.5. The molecule has 1 N–H and O–H groups in total. The van der Waals surface area contributed by atoms with Crippen molar-refractivity contribution in [2.75, 3.05) is 0 Å². The fourth-order valence-corrected chi connectivity index (χ4v) is 2.90. The lowest BCUT2D eigenvalue weighted by Gasteiger charge is -2.09. The van der Waals surface area contributed by atoms with Gasteiger partial charge in [-0.05, 0) is 18.1 Å². The standard InChI is InChI=1S/C17H17N3OS/c1-11(2)15-6-13-5-12(3-4-18)17(7-16(13)20-15)21-8-14-9-22-10-19-14/h5-7,9-11,20H,3,8H2,1-2H3. The van der Waals surface area contributed by atoms with E-state index in [4.69, 9.17) is 10.00 Å². The van der Waals surface area contributed by atoms with E-state index in [0.29, 0.717) is 18.9 Å². The van der Waals surface area contributed by atoms with E-state index >= 15 is 0 Å². The highest BCUT2D eigenvalue weighted by molar-refractivity contribution is 7.07. The van der Waals surface area contributed by atoms with Crippen LogP contribution in [-0.4, -0.2) is 9.97 Å². The second kappa shape index (κ2) is 6.20. The van der Waals surface area contributed by atoms with Crippen molar-refractivity contribution in [2.45, 2.75) is 32.8 Å². The largest absolute Gasteiger partial charge is 0.487 e. The minimum Gasteiger partial charge on any atom is -0.487 e. The average Bonchev–Trinajstić information content (AvgIpc) is 3.14. The number of thiazole rings is 1. The Kier molecular flexibility index (Phi) is 4.12. The van der Waals surface area contributed by atoms with Gasteiger partial charge in [-0.2, -0.15) is 5.26 Å². The van der Waals surface area contributed by atoms with Crippen molar-refractivity contribution in [1.29, 1.82) is 5.26 Å². The number of benzene rings is 1. The fourth-order valence-electron chi connectivity index (χ4n) is 2.36. The fraction of sp³-hybridized carbons (Fsp3) is 0.294. The molecule has 0 unspecified atom stereocenters. The van der Waals surface area contributed by atoms with E-state index in [-0.39, 0.29) is 0 Å². The monoisotopic (exact) mass is 311 g/mol. The van der Waals surface area contributed by atoms with Crippen LogP contribution in [0.1, 0.15) is 36.7 Å². The van der Waals surface area contributed by atoms with Gasteiger partial charge >= 0.3 is 0 Å². The molecule has 0 spiro atoms. The molecule has 0 saturated carbocycles. The molecule has 0 saturated heterocycles. The third kappa shape index (κ3) is 2.97. The maximum atomic E-state index is 9.04. The molecule has 3 aromatic rings. The third-order valence-electron chi connectivity index (χ3n) is 3.57. The summed E-state index contributed by atoms with van der Waals surface area (Å²) in [5.74, 6) is 1.19. The van der Waals surface area contributed by atoms with Crippen LogP contribution in [0.2, 0.25) is 0 Å². The predicted octanol–water partition coefficient (Wildman–Crippen LogP) is 4.39. The number of nitrogens with zero attached hydrogens (tertiary/aromatic N) is 2. The molecular formula is C17H17N3OS. The molecule has 0 atom stereocenters. The average molecular weight is 311 g/mol. The molecule has 1 aromatic carbocycles. The molecule has 0 radical (unpaired) electrons. The van der Waals surface area contributed by atoms with Gasteiger partial charge in [0.2, 0.25) is 0 Å². The first-order valence-corrected chi connectivity index (χ1v) is 8.14. The van der Waals surface area contributed by atoms with Gasteiger partial charge in [-0.1, -0.05) is 13.8 Å². The summed E-state index contributed by atoms with van der Waals surface area (Å²) in [5.41, 5.74) is 5.84. The van der Waals surface area contributed by atoms with Gasteiger partial charge in [-0.15, -0.1) is 11.3 Å². The highest BCUT2D eigenvalue weighted by atomic mass is 32.1. The zero-order valence-electron chi connectivity index (χ0n) is 12.6. The minimum atomic E-state index is 0.338. The van der Waals surface area contributed by atoms with Crippen molar-refractivity contribution >= 4 is 22.2 Å². The molecule has 0 aliphatic carbocycles. The van der Waals surface area contributed by atoms with Crippen LogP contribution in [-0.2, 0) is 13.0 Å². The van der Waals surface area contributed by atoms with Gasteiger partial charge in [-0.3, -0.25) is 0 Å². The number of nitriles is 1. The van der Waals surface area contributed by atoms with Crippen LogP contribution in [0.5, 0.6) is 5.75 Å². The Morgan fingerprint density at radius 2 is 2.23 bits per heavy atom. The van der Waals surface area contributed by atoms with E-state index in [1.165, 1.54) is 5.69 Å². The number of aromatic amines is 1. The smallest absolute Gasteiger partial charge is 0.131 e. The second-order valence-corrected chi connectivity index (χ2v) is 6.25. The molecule has 0 aliphatic heterocycles. The lowest BCUT2D eigenvalue weighted by Crippen LogP contribution is -1.98. The van der Waals surface area contributed by atoms with Crippen molar-refractivity contribution in [3.05, 3.63) is 46.0 Å². The van der Waals surface area contributed by atoms with E-state index in [1.807, 2.05) is 17.5 Å². The summed E-state index contributed by atoms with van der Waals surface area (Å²) < 4.78 is 5.88. The minimum absolute atomic E-state index is 0.338. The molecule has 0 bridgehead atoms. The number of nitrogens with one attached hydrogen (secondary N) is 1. The predicted molar refractivity (Wildman–Crippen MR) is 88.2 cm³/mol. The summed E-state index contributed by atoms with van der Waals surface area (Å²) in [6, 6.07) is 8.38. The van der Waals surface area contributed by atoms with Crippen LogP contribution >= 0.6 is 11.3 Å². The number of aromatic nitrogens is 2. The summed E-state index contributed by atoms with van der Waals surface area (Å²) in [6.45, 7) is 4.73. The topological polar surface area (TPSA) is 61.7 Å². The molecule has 112 valence electrons. The maximum Gasteiger partial charge on any atom is 0.131 e. The normalized spacial score (nSPS) is 11.0. The Balaban J connectivity index is 1.95. The van der Waals surface area contributed by atoms with Crippen LogP contribution < -0.4 is 4.74 Å². The summed E-state index contributed by atoms with van der Waals surface area (Å²) in [6.07, 6.45) is 0.338. The Bertz CT molecular complexity index is 812. The summed E-state index contributed by atoms with van der Waals surface area (Å²) in [7, 11) is 0. The van der Waals surface area contributed by atoms with Crippen molar-refractivity contribution in [1.82, 2.24) is 9.97 Å². The molecule has 3 rings (SSSR count). The Labute approximate surface area is 133 Å². The Hall–Kier alpha value is -2.32. The summed E-state index contributed by atoms with van der Waals surface area (Å²) in [4.78, 5) is 7.64. The molecule has 5 heteroatoms. The quantitative estimate of drug-likeness (QED) is 0.760. The first-order chi connectivity index (χ1) is 10.7. The molecule has 0 fully saturated rings. The molecule has 4 nitrogen and oxygen atoms in total. The van der Waals surface area contributed by atoms with Crippen LogP contribution in [0.4, 0.5) is 0 Å². The van der Waals surface area contributed by atoms with E-state index in [0.717, 1.165) is 27.9 Å². The van der Waals surface area contributed by atoms with Gasteiger partial charge in [0.05, 0.1) is 23.7 Å². The zero-order valence-corrected chi connectivity index (χ0v) is 13.4. The van der Waals surface area contributed by atoms with Crippen LogP contribution in [0.25, 0.3) is 10.9 Å².